The minimum atomic E-state index is -0.508. The van der Waals surface area contributed by atoms with E-state index in [1.165, 1.54) is 7.11 Å². The molecule has 0 spiro atoms. The Hall–Kier alpha value is -3.63. The molecule has 1 aliphatic carbocycles. The molecule has 2 atom stereocenters. The van der Waals surface area contributed by atoms with Crippen molar-refractivity contribution in [1.29, 1.82) is 0 Å². The summed E-state index contributed by atoms with van der Waals surface area (Å²) in [6, 6.07) is 9.01. The number of carbonyl (C=O) groups excluding carboxylic acids is 1. The summed E-state index contributed by atoms with van der Waals surface area (Å²) in [5, 5.41) is 26.0. The van der Waals surface area contributed by atoms with Crippen molar-refractivity contribution < 1.29 is 19.4 Å². The molecule has 4 aromatic rings. The second-order valence-electron chi connectivity index (χ2n) is 9.20. The number of nitrogens with zero attached hydrogens (tertiary/aromatic N) is 4. The molecule has 2 aromatic heterocycles. The van der Waals surface area contributed by atoms with Gasteiger partial charge in [-0.2, -0.15) is 10.2 Å². The number of H-pyrrole nitrogens is 1. The maximum absolute atomic E-state index is 12.4. The quantitative estimate of drug-likeness (QED) is 0.322. The lowest BCUT2D eigenvalue weighted by Gasteiger charge is -2.28. The molecule has 5 rings (SSSR count). The van der Waals surface area contributed by atoms with Gasteiger partial charge in [0.25, 0.3) is 5.91 Å². The Morgan fingerprint density at radius 2 is 2.08 bits per heavy atom. The highest BCUT2D eigenvalue weighted by molar-refractivity contribution is 6.36. The van der Waals surface area contributed by atoms with E-state index in [0.717, 1.165) is 47.1 Å². The van der Waals surface area contributed by atoms with Crippen molar-refractivity contribution in [2.24, 2.45) is 7.05 Å². The molecule has 0 radical (unpaired) electrons. The number of aromatic nitrogens is 5. The van der Waals surface area contributed by atoms with Crippen molar-refractivity contribution in [3.63, 3.8) is 0 Å². The zero-order valence-electron chi connectivity index (χ0n) is 20.7. The standard InChI is InChI=1S/C26H29ClN6O4/c1-33-23(12-15-7-9-18-17(25(15)27)13-28-31-18)30-26(32-33)16-8-10-21(22(11-16)36-2)37-14-24(35)29-19-5-3-4-6-20(19)34/h7-11,13,19-20,34H,3-6,12,14H2,1-2H3,(H,28,31)(H,29,35)/t19-,20-/m1/s1. The van der Waals surface area contributed by atoms with E-state index in [-0.39, 0.29) is 18.6 Å². The molecule has 11 heteroatoms. The second kappa shape index (κ2) is 10.8. The van der Waals surface area contributed by atoms with Crippen LogP contribution in [0.4, 0.5) is 0 Å². The summed E-state index contributed by atoms with van der Waals surface area (Å²) >= 11 is 6.59. The molecule has 10 nitrogen and oxygen atoms in total. The number of rotatable bonds is 8. The van der Waals surface area contributed by atoms with Gasteiger partial charge in [0.2, 0.25) is 0 Å². The first-order valence-electron chi connectivity index (χ1n) is 12.2. The smallest absolute Gasteiger partial charge is 0.258 e. The maximum Gasteiger partial charge on any atom is 0.258 e. The summed E-state index contributed by atoms with van der Waals surface area (Å²) < 4.78 is 13.0. The van der Waals surface area contributed by atoms with Crippen LogP contribution in [0.2, 0.25) is 5.02 Å². The summed E-state index contributed by atoms with van der Waals surface area (Å²) in [7, 11) is 3.38. The van der Waals surface area contributed by atoms with Gasteiger partial charge in [-0.05, 0) is 42.7 Å². The Kier molecular flexibility index (Phi) is 7.29. The molecule has 1 saturated carbocycles. The van der Waals surface area contributed by atoms with E-state index in [1.807, 2.05) is 25.2 Å². The van der Waals surface area contributed by atoms with Crippen LogP contribution in [0.5, 0.6) is 11.5 Å². The largest absolute Gasteiger partial charge is 0.493 e. The van der Waals surface area contributed by atoms with Gasteiger partial charge in [0.1, 0.15) is 5.82 Å². The zero-order chi connectivity index (χ0) is 25.9. The van der Waals surface area contributed by atoms with Gasteiger partial charge < -0.3 is 19.9 Å². The van der Waals surface area contributed by atoms with Crippen LogP contribution in [0.3, 0.4) is 0 Å². The van der Waals surface area contributed by atoms with Gasteiger partial charge in [0.15, 0.2) is 23.9 Å². The minimum absolute atomic E-state index is 0.174. The number of hydrogen-bond acceptors (Lipinski definition) is 7. The number of aryl methyl sites for hydroxylation is 1. The molecule has 37 heavy (non-hydrogen) atoms. The summed E-state index contributed by atoms with van der Waals surface area (Å²) in [6.45, 7) is -0.174. The Morgan fingerprint density at radius 3 is 2.89 bits per heavy atom. The van der Waals surface area contributed by atoms with Crippen LogP contribution in [0, 0.1) is 0 Å². The Labute approximate surface area is 218 Å². The number of aliphatic hydroxyl groups is 1. The molecule has 1 amide bonds. The van der Waals surface area contributed by atoms with Gasteiger partial charge in [0.05, 0.1) is 36.0 Å². The number of halogens is 1. The Balaban J connectivity index is 1.27. The molecule has 2 aromatic carbocycles. The first kappa shape index (κ1) is 25.0. The predicted octanol–water partition coefficient (Wildman–Crippen LogP) is 3.41. The number of methoxy groups -OCH3 is 1. The number of ether oxygens (including phenoxy) is 2. The number of hydrogen-bond donors (Lipinski definition) is 3. The monoisotopic (exact) mass is 524 g/mol. The first-order chi connectivity index (χ1) is 17.9. The number of amides is 1. The van der Waals surface area contributed by atoms with Crippen molar-refractivity contribution in [1.82, 2.24) is 30.3 Å². The van der Waals surface area contributed by atoms with Crippen molar-refractivity contribution in [3.05, 3.63) is 52.9 Å². The zero-order valence-corrected chi connectivity index (χ0v) is 21.5. The fraction of sp³-hybridized carbons (Fsp3) is 0.385. The molecular weight excluding hydrogens is 496 g/mol. The molecule has 0 unspecified atom stereocenters. The number of fused-ring (bicyclic) bond motifs is 1. The fourth-order valence-electron chi connectivity index (χ4n) is 4.63. The average molecular weight is 525 g/mol. The first-order valence-corrected chi connectivity index (χ1v) is 12.6. The molecule has 0 aliphatic heterocycles. The van der Waals surface area contributed by atoms with Crippen LogP contribution >= 0.6 is 11.6 Å². The number of nitrogens with one attached hydrogen (secondary N) is 2. The highest BCUT2D eigenvalue weighted by atomic mass is 35.5. The third kappa shape index (κ3) is 5.40. The SMILES string of the molecule is COc1cc(-c2nc(Cc3ccc4[nH]ncc4c3Cl)n(C)n2)ccc1OCC(=O)N[C@@H]1CCCC[C@H]1O. The van der Waals surface area contributed by atoms with E-state index in [4.69, 9.17) is 26.1 Å². The second-order valence-corrected chi connectivity index (χ2v) is 9.58. The predicted molar refractivity (Wildman–Crippen MR) is 139 cm³/mol. The maximum atomic E-state index is 12.4. The highest BCUT2D eigenvalue weighted by Gasteiger charge is 2.24. The van der Waals surface area contributed by atoms with Gasteiger partial charge in [-0.1, -0.05) is 30.5 Å². The van der Waals surface area contributed by atoms with Crippen molar-refractivity contribution in [3.8, 4) is 22.9 Å². The summed E-state index contributed by atoms with van der Waals surface area (Å²) in [5.74, 6) is 1.90. The third-order valence-corrected chi connectivity index (χ3v) is 7.14. The lowest BCUT2D eigenvalue weighted by atomic mass is 9.92. The van der Waals surface area contributed by atoms with Gasteiger partial charge in [-0.25, -0.2) is 4.98 Å². The van der Waals surface area contributed by atoms with Crippen LogP contribution in [0.1, 0.15) is 37.1 Å². The van der Waals surface area contributed by atoms with Gasteiger partial charge >= 0.3 is 0 Å². The lowest BCUT2D eigenvalue weighted by molar-refractivity contribution is -0.125. The fourth-order valence-corrected chi connectivity index (χ4v) is 4.91. The van der Waals surface area contributed by atoms with E-state index in [9.17, 15) is 9.90 Å². The normalized spacial score (nSPS) is 17.6. The molecule has 2 heterocycles. The average Bonchev–Trinajstić information content (AvgIpc) is 3.53. The van der Waals surface area contributed by atoms with E-state index in [2.05, 4.69) is 20.6 Å². The highest BCUT2D eigenvalue weighted by Crippen LogP contribution is 2.32. The number of aliphatic hydroxyl groups excluding tert-OH is 1. The third-order valence-electron chi connectivity index (χ3n) is 6.70. The van der Waals surface area contributed by atoms with Crippen molar-refractivity contribution in [2.45, 2.75) is 44.2 Å². The number of aromatic amines is 1. The summed E-state index contributed by atoms with van der Waals surface area (Å²) in [4.78, 5) is 17.1. The van der Waals surface area contributed by atoms with Crippen LogP contribution in [0.15, 0.2) is 36.5 Å². The van der Waals surface area contributed by atoms with Crippen LogP contribution in [-0.4, -0.2) is 61.8 Å². The number of carbonyl (C=O) groups is 1. The van der Waals surface area contributed by atoms with Gasteiger partial charge in [-0.15, -0.1) is 0 Å². The van der Waals surface area contributed by atoms with E-state index >= 15 is 0 Å². The van der Waals surface area contributed by atoms with Crippen LogP contribution < -0.4 is 14.8 Å². The van der Waals surface area contributed by atoms with E-state index in [1.54, 1.807) is 23.0 Å². The molecule has 1 fully saturated rings. The van der Waals surface area contributed by atoms with Crippen LogP contribution in [-0.2, 0) is 18.3 Å². The van der Waals surface area contributed by atoms with Gasteiger partial charge in [0, 0.05) is 24.4 Å². The van der Waals surface area contributed by atoms with Crippen LogP contribution in [0.25, 0.3) is 22.3 Å². The summed E-state index contributed by atoms with van der Waals surface area (Å²) in [5.41, 5.74) is 2.56. The van der Waals surface area contributed by atoms with E-state index in [0.29, 0.717) is 35.2 Å². The molecular formula is C26H29ClN6O4. The molecule has 194 valence electrons. The molecule has 1 aliphatic rings. The van der Waals surface area contributed by atoms with E-state index < -0.39 is 6.10 Å². The molecule has 3 N–H and O–H groups in total. The van der Waals surface area contributed by atoms with Gasteiger partial charge in [-0.3, -0.25) is 14.6 Å². The lowest BCUT2D eigenvalue weighted by Crippen LogP contribution is -2.46. The summed E-state index contributed by atoms with van der Waals surface area (Å²) in [6.07, 6.45) is 5.16. The Bertz CT molecular complexity index is 1420. The molecule has 0 saturated heterocycles. The van der Waals surface area contributed by atoms with Crippen molar-refractivity contribution >= 4 is 28.4 Å². The topological polar surface area (TPSA) is 127 Å². The molecule has 0 bridgehead atoms. The Morgan fingerprint density at radius 1 is 1.24 bits per heavy atom. The minimum Gasteiger partial charge on any atom is -0.493 e. The number of benzene rings is 2. The van der Waals surface area contributed by atoms with Crippen molar-refractivity contribution in [2.75, 3.05) is 13.7 Å².